The Labute approximate surface area is 92.6 Å². The summed E-state index contributed by atoms with van der Waals surface area (Å²) in [6.07, 6.45) is 0. The van der Waals surface area contributed by atoms with Gasteiger partial charge < -0.3 is 10.2 Å². The van der Waals surface area contributed by atoms with Crippen molar-refractivity contribution < 1.29 is 0 Å². The average molecular weight is 204 g/mol. The number of anilines is 1. The van der Waals surface area contributed by atoms with E-state index in [4.69, 9.17) is 0 Å². The molecule has 2 nitrogen and oxygen atoms in total. The summed E-state index contributed by atoms with van der Waals surface area (Å²) in [6.45, 7) is 9.02. The van der Waals surface area contributed by atoms with Crippen LogP contribution in [0.15, 0.2) is 42.5 Å². The zero-order valence-corrected chi connectivity index (χ0v) is 9.66. The van der Waals surface area contributed by atoms with Crippen LogP contribution in [0.1, 0.15) is 6.92 Å². The minimum absolute atomic E-state index is 0.878. The fourth-order valence-corrected chi connectivity index (χ4v) is 1.60. The van der Waals surface area contributed by atoms with Crippen molar-refractivity contribution in [2.24, 2.45) is 0 Å². The molecule has 0 heterocycles. The SMILES string of the molecule is C=C(CNC)CN(CC)c1ccccc1. The molecule has 0 amide bonds. The summed E-state index contributed by atoms with van der Waals surface area (Å²) in [6, 6.07) is 10.4. The van der Waals surface area contributed by atoms with Gasteiger partial charge in [0.1, 0.15) is 0 Å². The first-order valence-electron chi connectivity index (χ1n) is 5.39. The van der Waals surface area contributed by atoms with E-state index in [1.165, 1.54) is 11.3 Å². The summed E-state index contributed by atoms with van der Waals surface area (Å²) in [5.74, 6) is 0. The monoisotopic (exact) mass is 204 g/mol. The molecule has 82 valence electrons. The van der Waals surface area contributed by atoms with Crippen LogP contribution in [-0.4, -0.2) is 26.7 Å². The van der Waals surface area contributed by atoms with Crippen LogP contribution < -0.4 is 10.2 Å². The van der Waals surface area contributed by atoms with Crippen LogP contribution in [0.4, 0.5) is 5.69 Å². The lowest BCUT2D eigenvalue weighted by atomic mass is 10.2. The molecule has 1 rings (SSSR count). The fraction of sp³-hybridized carbons (Fsp3) is 0.385. The number of hydrogen-bond donors (Lipinski definition) is 1. The van der Waals surface area contributed by atoms with E-state index in [9.17, 15) is 0 Å². The third-order valence-corrected chi connectivity index (χ3v) is 2.34. The molecule has 1 N–H and O–H groups in total. The number of rotatable bonds is 6. The maximum atomic E-state index is 4.05. The number of para-hydroxylation sites is 1. The Balaban J connectivity index is 2.61. The molecule has 0 aromatic heterocycles. The van der Waals surface area contributed by atoms with Gasteiger partial charge in [-0.2, -0.15) is 0 Å². The Kier molecular flexibility index (Phi) is 4.91. The van der Waals surface area contributed by atoms with Gasteiger partial charge in [0.05, 0.1) is 0 Å². The van der Waals surface area contributed by atoms with Crippen molar-refractivity contribution in [3.63, 3.8) is 0 Å². The van der Waals surface area contributed by atoms with E-state index >= 15 is 0 Å². The van der Waals surface area contributed by atoms with E-state index in [2.05, 4.69) is 48.0 Å². The lowest BCUT2D eigenvalue weighted by Crippen LogP contribution is -2.27. The molecule has 0 radical (unpaired) electrons. The van der Waals surface area contributed by atoms with Crippen molar-refractivity contribution >= 4 is 5.69 Å². The van der Waals surface area contributed by atoms with Gasteiger partial charge in [-0.1, -0.05) is 24.8 Å². The number of nitrogens with one attached hydrogen (secondary N) is 1. The van der Waals surface area contributed by atoms with Gasteiger partial charge in [0.25, 0.3) is 0 Å². The maximum absolute atomic E-state index is 4.05. The molecule has 0 atom stereocenters. The smallest absolute Gasteiger partial charge is 0.0398 e. The van der Waals surface area contributed by atoms with E-state index in [0.29, 0.717) is 0 Å². The largest absolute Gasteiger partial charge is 0.368 e. The van der Waals surface area contributed by atoms with Gasteiger partial charge in [0.2, 0.25) is 0 Å². The second-order valence-electron chi connectivity index (χ2n) is 3.63. The summed E-state index contributed by atoms with van der Waals surface area (Å²) in [5.41, 5.74) is 2.47. The van der Waals surface area contributed by atoms with Crippen molar-refractivity contribution in [3.05, 3.63) is 42.5 Å². The van der Waals surface area contributed by atoms with Gasteiger partial charge in [-0.15, -0.1) is 0 Å². The molecule has 0 bridgehead atoms. The standard InChI is InChI=1S/C13H20N2/c1-4-15(11-12(2)10-14-3)13-8-6-5-7-9-13/h5-9,14H,2,4,10-11H2,1,3H3. The first kappa shape index (κ1) is 11.8. The van der Waals surface area contributed by atoms with Gasteiger partial charge in [-0.3, -0.25) is 0 Å². The van der Waals surface area contributed by atoms with Gasteiger partial charge in [0, 0.05) is 25.3 Å². The van der Waals surface area contributed by atoms with Crippen LogP contribution in [0.3, 0.4) is 0 Å². The summed E-state index contributed by atoms with van der Waals surface area (Å²) in [7, 11) is 1.95. The Morgan fingerprint density at radius 2 is 2.00 bits per heavy atom. The molecule has 0 spiro atoms. The minimum Gasteiger partial charge on any atom is -0.368 e. The van der Waals surface area contributed by atoms with Gasteiger partial charge in [0.15, 0.2) is 0 Å². The van der Waals surface area contributed by atoms with E-state index < -0.39 is 0 Å². The number of likely N-dealkylation sites (N-methyl/N-ethyl adjacent to an activating group) is 2. The van der Waals surface area contributed by atoms with Crippen molar-refractivity contribution in [1.82, 2.24) is 5.32 Å². The highest BCUT2D eigenvalue weighted by Crippen LogP contribution is 2.13. The first-order chi connectivity index (χ1) is 7.27. The molecule has 0 aliphatic rings. The van der Waals surface area contributed by atoms with Crippen LogP contribution in [0.25, 0.3) is 0 Å². The molecule has 0 saturated carbocycles. The van der Waals surface area contributed by atoms with Crippen LogP contribution in [0.5, 0.6) is 0 Å². The number of nitrogens with zero attached hydrogens (tertiary/aromatic N) is 1. The van der Waals surface area contributed by atoms with E-state index in [1.807, 2.05) is 13.1 Å². The quantitative estimate of drug-likeness (QED) is 0.715. The fourth-order valence-electron chi connectivity index (χ4n) is 1.60. The normalized spacial score (nSPS) is 10.0. The Hall–Kier alpha value is -1.28. The lowest BCUT2D eigenvalue weighted by Gasteiger charge is -2.24. The molecule has 15 heavy (non-hydrogen) atoms. The van der Waals surface area contributed by atoms with E-state index in [1.54, 1.807) is 0 Å². The van der Waals surface area contributed by atoms with Crippen molar-refractivity contribution in [3.8, 4) is 0 Å². The molecule has 2 heteroatoms. The van der Waals surface area contributed by atoms with E-state index in [0.717, 1.165) is 19.6 Å². The molecule has 0 aliphatic heterocycles. The number of hydrogen-bond acceptors (Lipinski definition) is 2. The second-order valence-corrected chi connectivity index (χ2v) is 3.63. The third-order valence-electron chi connectivity index (χ3n) is 2.34. The maximum Gasteiger partial charge on any atom is 0.0398 e. The molecule has 0 unspecified atom stereocenters. The summed E-state index contributed by atoms with van der Waals surface area (Å²) in [5, 5.41) is 3.12. The van der Waals surface area contributed by atoms with Gasteiger partial charge in [-0.25, -0.2) is 0 Å². The summed E-state index contributed by atoms with van der Waals surface area (Å²) < 4.78 is 0. The molecule has 1 aromatic carbocycles. The molecular formula is C13H20N2. The van der Waals surface area contributed by atoms with E-state index in [-0.39, 0.29) is 0 Å². The average Bonchev–Trinajstić information content (AvgIpc) is 2.27. The number of benzene rings is 1. The van der Waals surface area contributed by atoms with Crippen LogP contribution >= 0.6 is 0 Å². The second kappa shape index (κ2) is 6.25. The van der Waals surface area contributed by atoms with Crippen LogP contribution in [0.2, 0.25) is 0 Å². The molecule has 1 aromatic rings. The Bertz CT molecular complexity index is 293. The highest BCUT2D eigenvalue weighted by Gasteiger charge is 2.04. The van der Waals surface area contributed by atoms with Crippen LogP contribution in [-0.2, 0) is 0 Å². The predicted molar refractivity (Wildman–Crippen MR) is 67.4 cm³/mol. The highest BCUT2D eigenvalue weighted by atomic mass is 15.1. The summed E-state index contributed by atoms with van der Waals surface area (Å²) in [4.78, 5) is 2.32. The molecular weight excluding hydrogens is 184 g/mol. The predicted octanol–water partition coefficient (Wildman–Crippen LogP) is 2.29. The highest BCUT2D eigenvalue weighted by molar-refractivity contribution is 5.47. The van der Waals surface area contributed by atoms with Crippen molar-refractivity contribution in [2.75, 3.05) is 31.6 Å². The van der Waals surface area contributed by atoms with Crippen LogP contribution in [0, 0.1) is 0 Å². The van der Waals surface area contributed by atoms with Gasteiger partial charge >= 0.3 is 0 Å². The van der Waals surface area contributed by atoms with Crippen molar-refractivity contribution in [2.45, 2.75) is 6.92 Å². The molecule has 0 fully saturated rings. The molecule has 0 saturated heterocycles. The Morgan fingerprint density at radius 1 is 1.33 bits per heavy atom. The van der Waals surface area contributed by atoms with Crippen molar-refractivity contribution in [1.29, 1.82) is 0 Å². The lowest BCUT2D eigenvalue weighted by molar-refractivity contribution is 0.810. The minimum atomic E-state index is 0.878. The molecule has 0 aliphatic carbocycles. The zero-order chi connectivity index (χ0) is 11.1. The zero-order valence-electron chi connectivity index (χ0n) is 9.66. The third kappa shape index (κ3) is 3.76. The summed E-state index contributed by atoms with van der Waals surface area (Å²) >= 11 is 0. The topological polar surface area (TPSA) is 15.3 Å². The Morgan fingerprint density at radius 3 is 2.53 bits per heavy atom. The first-order valence-corrected chi connectivity index (χ1v) is 5.39. The van der Waals surface area contributed by atoms with Gasteiger partial charge in [-0.05, 0) is 31.7 Å².